The lowest BCUT2D eigenvalue weighted by Gasteiger charge is -1.77. The Morgan fingerprint density at radius 2 is 1.20 bits per heavy atom. The van der Waals surface area contributed by atoms with Crippen LogP contribution in [0.25, 0.3) is 0 Å². The highest BCUT2D eigenvalue weighted by molar-refractivity contribution is 7.81. The topological polar surface area (TPSA) is 111 Å². The molecule has 0 saturated carbocycles. The average Bonchev–Trinajstić information content (AvgIpc) is 1.83. The standard InChI is InChI=1S/2C3H7N.ClHO4S.ClH/c2*1-3(2)4;1-5-6(2,3)4;/h2*4H,1-2H3;(H,2,3,4);1H. The van der Waals surface area contributed by atoms with Crippen LogP contribution in [-0.4, -0.2) is 24.4 Å². The molecule has 9 heteroatoms. The second-order valence-corrected chi connectivity index (χ2v) is 3.85. The van der Waals surface area contributed by atoms with Crippen LogP contribution in [0.2, 0.25) is 0 Å². The van der Waals surface area contributed by atoms with E-state index in [1.807, 2.05) is 0 Å². The van der Waals surface area contributed by atoms with Crippen molar-refractivity contribution >= 4 is 46.1 Å². The predicted molar refractivity (Wildman–Crippen MR) is 63.9 cm³/mol. The van der Waals surface area contributed by atoms with Gasteiger partial charge in [0, 0.05) is 11.4 Å². The molecule has 0 aromatic carbocycles. The molecule has 0 heterocycles. The maximum absolute atomic E-state index is 9.20. The number of rotatable bonds is 1. The first kappa shape index (κ1) is 24.2. The van der Waals surface area contributed by atoms with Crippen molar-refractivity contribution < 1.29 is 16.7 Å². The van der Waals surface area contributed by atoms with E-state index in [0.717, 1.165) is 0 Å². The van der Waals surface area contributed by atoms with Crippen LogP contribution in [0.4, 0.5) is 0 Å². The molecule has 0 spiro atoms. The number of nitrogens with one attached hydrogen (secondary N) is 2. The fourth-order valence-corrected chi connectivity index (χ4v) is 0. The normalized spacial score (nSPS) is 8.13. The zero-order chi connectivity index (χ0) is 12.4. The van der Waals surface area contributed by atoms with Gasteiger partial charge in [-0.2, -0.15) is 8.42 Å². The minimum absolute atomic E-state index is 0. The molecule has 3 N–H and O–H groups in total. The fraction of sp³-hybridized carbons (Fsp3) is 0.667. The molecule has 0 unspecified atom stereocenters. The zero-order valence-corrected chi connectivity index (χ0v) is 11.3. The monoisotopic (exact) mass is 282 g/mol. The molecule has 0 aliphatic heterocycles. The largest absolute Gasteiger partial charge is 0.413 e. The second-order valence-electron chi connectivity index (χ2n) is 2.49. The average molecular weight is 283 g/mol. The Kier molecular flexibility index (Phi) is 22.2. The second kappa shape index (κ2) is 13.8. The molecule has 15 heavy (non-hydrogen) atoms. The summed E-state index contributed by atoms with van der Waals surface area (Å²) >= 11 is 4.14. The third-order valence-corrected chi connectivity index (χ3v) is 0.716. The number of halogens is 2. The quantitative estimate of drug-likeness (QED) is 0.507. The van der Waals surface area contributed by atoms with Gasteiger partial charge in [0.1, 0.15) is 0 Å². The third kappa shape index (κ3) is 246. The molecule has 0 atom stereocenters. The predicted octanol–water partition coefficient (Wildman–Crippen LogP) is 2.47. The van der Waals surface area contributed by atoms with Crippen molar-refractivity contribution in [2.24, 2.45) is 0 Å². The zero-order valence-electron chi connectivity index (χ0n) is 8.87. The highest BCUT2D eigenvalue weighted by Gasteiger charge is 1.97. The molecule has 0 rings (SSSR count). The van der Waals surface area contributed by atoms with Crippen LogP contribution >= 0.6 is 24.3 Å². The van der Waals surface area contributed by atoms with Gasteiger partial charge in [-0.3, -0.25) is 4.55 Å². The van der Waals surface area contributed by atoms with Crippen molar-refractivity contribution in [3.63, 3.8) is 0 Å². The van der Waals surface area contributed by atoms with Crippen LogP contribution in [0.1, 0.15) is 27.7 Å². The highest BCUT2D eigenvalue weighted by atomic mass is 35.5. The first-order chi connectivity index (χ1) is 6.02. The summed E-state index contributed by atoms with van der Waals surface area (Å²) in [6.07, 6.45) is 0. The molecular weight excluding hydrogens is 267 g/mol. The van der Waals surface area contributed by atoms with Gasteiger partial charge in [0.15, 0.2) is 0 Å². The van der Waals surface area contributed by atoms with Gasteiger partial charge in [0.25, 0.3) is 0 Å². The molecule has 0 aromatic heterocycles. The summed E-state index contributed by atoms with van der Waals surface area (Å²) in [5, 5.41) is 13.0. The Morgan fingerprint density at radius 3 is 1.20 bits per heavy atom. The smallest absolute Gasteiger partial charge is 0.310 e. The van der Waals surface area contributed by atoms with Gasteiger partial charge in [-0.25, -0.2) is 0 Å². The first-order valence-electron chi connectivity index (χ1n) is 3.34. The SMILES string of the molecule is CC(C)=N.CC(C)=N.Cl.O=S(=O)(O)OCl. The van der Waals surface area contributed by atoms with E-state index in [1.54, 1.807) is 27.7 Å². The van der Waals surface area contributed by atoms with E-state index >= 15 is 0 Å². The summed E-state index contributed by atoms with van der Waals surface area (Å²) in [4.78, 5) is 0. The molecule has 0 aliphatic rings. The van der Waals surface area contributed by atoms with Gasteiger partial charge in [-0.1, -0.05) is 0 Å². The van der Waals surface area contributed by atoms with Crippen molar-refractivity contribution in [2.45, 2.75) is 27.7 Å². The minimum Gasteiger partial charge on any atom is -0.310 e. The van der Waals surface area contributed by atoms with Crippen LogP contribution in [0, 0.1) is 10.8 Å². The summed E-state index contributed by atoms with van der Waals surface area (Å²) < 4.78 is 28.8. The van der Waals surface area contributed by atoms with E-state index in [4.69, 9.17) is 15.4 Å². The molecule has 94 valence electrons. The van der Waals surface area contributed by atoms with Crippen molar-refractivity contribution in [2.75, 3.05) is 0 Å². The lowest BCUT2D eigenvalue weighted by atomic mass is 10.5. The molecular formula is C6H16Cl2N2O4S. The van der Waals surface area contributed by atoms with Gasteiger partial charge in [0.2, 0.25) is 0 Å². The Bertz CT molecular complexity index is 246. The van der Waals surface area contributed by atoms with Crippen molar-refractivity contribution in [3.05, 3.63) is 0 Å². The van der Waals surface area contributed by atoms with Crippen molar-refractivity contribution in [1.82, 2.24) is 0 Å². The van der Waals surface area contributed by atoms with Crippen LogP contribution in [0.5, 0.6) is 0 Å². The molecule has 0 fully saturated rings. The maximum atomic E-state index is 9.20. The van der Waals surface area contributed by atoms with E-state index in [2.05, 4.69) is 15.6 Å². The molecule has 0 amide bonds. The molecule has 0 aromatic rings. The summed E-state index contributed by atoms with van der Waals surface area (Å²) in [6, 6.07) is 0. The van der Waals surface area contributed by atoms with Gasteiger partial charge < -0.3 is 10.8 Å². The van der Waals surface area contributed by atoms with E-state index in [-0.39, 0.29) is 12.4 Å². The lowest BCUT2D eigenvalue weighted by molar-refractivity contribution is 0.400. The van der Waals surface area contributed by atoms with Gasteiger partial charge in [-0.15, -0.1) is 16.1 Å². The van der Waals surface area contributed by atoms with Gasteiger partial charge >= 0.3 is 10.4 Å². The van der Waals surface area contributed by atoms with Gasteiger partial charge in [0.05, 0.1) is 11.9 Å². The molecule has 0 bridgehead atoms. The van der Waals surface area contributed by atoms with Crippen LogP contribution in [0.3, 0.4) is 0 Å². The first-order valence-corrected chi connectivity index (χ1v) is 5.01. The lowest BCUT2D eigenvalue weighted by Crippen LogP contribution is -1.92. The number of hydrogen-bond donors (Lipinski definition) is 3. The van der Waals surface area contributed by atoms with Crippen LogP contribution in [0.15, 0.2) is 0 Å². The Labute approximate surface area is 102 Å². The minimum atomic E-state index is -4.40. The Morgan fingerprint density at radius 1 is 1.13 bits per heavy atom. The van der Waals surface area contributed by atoms with E-state index in [1.165, 1.54) is 0 Å². The summed E-state index contributed by atoms with van der Waals surface area (Å²) in [5.41, 5.74) is 1.33. The van der Waals surface area contributed by atoms with Gasteiger partial charge in [-0.05, 0) is 27.7 Å². The summed E-state index contributed by atoms with van der Waals surface area (Å²) in [7, 11) is -4.40. The van der Waals surface area contributed by atoms with Crippen molar-refractivity contribution in [1.29, 1.82) is 10.8 Å². The highest BCUT2D eigenvalue weighted by Crippen LogP contribution is 1.86. The maximum Gasteiger partial charge on any atom is 0.413 e. The summed E-state index contributed by atoms with van der Waals surface area (Å²) in [5.74, 6) is 0. The van der Waals surface area contributed by atoms with Crippen LogP contribution in [-0.2, 0) is 14.1 Å². The Balaban J connectivity index is -0.0000000606. The molecule has 6 nitrogen and oxygen atoms in total. The molecule has 0 saturated heterocycles. The summed E-state index contributed by atoms with van der Waals surface area (Å²) in [6.45, 7) is 7.00. The molecule has 0 radical (unpaired) electrons. The van der Waals surface area contributed by atoms with Crippen molar-refractivity contribution in [3.8, 4) is 0 Å². The Hall–Kier alpha value is -0.210. The number of hydrogen-bond acceptors (Lipinski definition) is 5. The van der Waals surface area contributed by atoms with E-state index in [9.17, 15) is 8.42 Å². The third-order valence-electron chi connectivity index (χ3n) is 0.0796. The van der Waals surface area contributed by atoms with E-state index < -0.39 is 10.4 Å². The van der Waals surface area contributed by atoms with Crippen LogP contribution < -0.4 is 0 Å². The fourth-order valence-electron chi connectivity index (χ4n) is 0. The van der Waals surface area contributed by atoms with E-state index in [0.29, 0.717) is 11.4 Å². The molecule has 0 aliphatic carbocycles.